The SMILES string of the molecule is C/C=C(\C=C/N)Cn1ccc2c(NC(=O)Nc3cc(C(F)(F)F)c(OC)cc3OC)cccc21. The third-order valence-corrected chi connectivity index (χ3v) is 5.17. The summed E-state index contributed by atoms with van der Waals surface area (Å²) in [6.45, 7) is 2.49. The molecule has 3 aromatic rings. The normalized spacial score (nSPS) is 12.2. The van der Waals surface area contributed by atoms with Gasteiger partial charge in [-0.25, -0.2) is 4.79 Å². The van der Waals surface area contributed by atoms with Crippen LogP contribution >= 0.6 is 0 Å². The first-order valence-electron chi connectivity index (χ1n) is 10.2. The van der Waals surface area contributed by atoms with Gasteiger partial charge in [-0.15, -0.1) is 0 Å². The number of ether oxygens (including phenoxy) is 2. The quantitative estimate of drug-likeness (QED) is 0.381. The highest BCUT2D eigenvalue weighted by atomic mass is 19.4. The lowest BCUT2D eigenvalue weighted by Crippen LogP contribution is -2.20. The van der Waals surface area contributed by atoms with Crippen molar-refractivity contribution in [1.82, 2.24) is 4.57 Å². The van der Waals surface area contributed by atoms with Crippen LogP contribution in [0.5, 0.6) is 11.5 Å². The first-order valence-corrected chi connectivity index (χ1v) is 10.2. The Kier molecular flexibility index (Phi) is 7.40. The number of allylic oxidation sites excluding steroid dienone is 3. The zero-order valence-electron chi connectivity index (χ0n) is 18.9. The van der Waals surface area contributed by atoms with Crippen molar-refractivity contribution in [1.29, 1.82) is 0 Å². The second kappa shape index (κ2) is 10.2. The number of hydrogen-bond donors (Lipinski definition) is 3. The molecule has 0 saturated carbocycles. The lowest BCUT2D eigenvalue weighted by atomic mass is 10.1. The molecule has 34 heavy (non-hydrogen) atoms. The lowest BCUT2D eigenvalue weighted by Gasteiger charge is -2.17. The van der Waals surface area contributed by atoms with Crippen LogP contribution in [0, 0.1) is 0 Å². The molecule has 0 aliphatic carbocycles. The van der Waals surface area contributed by atoms with Crippen molar-refractivity contribution in [2.24, 2.45) is 5.73 Å². The maximum absolute atomic E-state index is 13.4. The molecule has 0 fully saturated rings. The Morgan fingerprint density at radius 2 is 1.79 bits per heavy atom. The summed E-state index contributed by atoms with van der Waals surface area (Å²) in [6.07, 6.45) is 2.42. The number of methoxy groups -OCH3 is 2. The first-order chi connectivity index (χ1) is 16.2. The van der Waals surface area contributed by atoms with Crippen LogP contribution in [0.2, 0.25) is 0 Å². The van der Waals surface area contributed by atoms with Gasteiger partial charge in [-0.2, -0.15) is 13.2 Å². The van der Waals surface area contributed by atoms with E-state index >= 15 is 0 Å². The monoisotopic (exact) mass is 474 g/mol. The van der Waals surface area contributed by atoms with Gasteiger partial charge >= 0.3 is 12.2 Å². The highest BCUT2D eigenvalue weighted by Crippen LogP contribution is 2.42. The molecular formula is C24H25F3N4O3. The fourth-order valence-corrected chi connectivity index (χ4v) is 3.52. The summed E-state index contributed by atoms with van der Waals surface area (Å²) in [7, 11) is 2.41. The second-order valence-corrected chi connectivity index (χ2v) is 7.23. The van der Waals surface area contributed by atoms with Crippen LogP contribution < -0.4 is 25.8 Å². The fraction of sp³-hybridized carbons (Fsp3) is 0.208. The van der Waals surface area contributed by atoms with E-state index in [1.165, 1.54) is 13.3 Å². The molecule has 0 saturated heterocycles. The lowest BCUT2D eigenvalue weighted by molar-refractivity contribution is -0.138. The Labute approximate surface area is 194 Å². The molecule has 1 heterocycles. The molecule has 0 aliphatic heterocycles. The largest absolute Gasteiger partial charge is 0.496 e. The van der Waals surface area contributed by atoms with Gasteiger partial charge in [0.25, 0.3) is 0 Å². The van der Waals surface area contributed by atoms with Crippen LogP contribution in [0.3, 0.4) is 0 Å². The van der Waals surface area contributed by atoms with Gasteiger partial charge in [0.05, 0.1) is 36.7 Å². The van der Waals surface area contributed by atoms with Gasteiger partial charge in [-0.1, -0.05) is 12.1 Å². The highest BCUT2D eigenvalue weighted by molar-refractivity contribution is 6.06. The number of nitrogens with zero attached hydrogens (tertiary/aromatic N) is 1. The fourth-order valence-electron chi connectivity index (χ4n) is 3.52. The number of anilines is 2. The predicted molar refractivity (Wildman–Crippen MR) is 126 cm³/mol. The molecule has 2 aromatic carbocycles. The van der Waals surface area contributed by atoms with Gasteiger partial charge in [0.1, 0.15) is 11.5 Å². The Balaban J connectivity index is 1.88. The summed E-state index contributed by atoms with van der Waals surface area (Å²) < 4.78 is 52.2. The Morgan fingerprint density at radius 3 is 2.41 bits per heavy atom. The summed E-state index contributed by atoms with van der Waals surface area (Å²) in [4.78, 5) is 12.7. The van der Waals surface area contributed by atoms with Gasteiger partial charge in [0.15, 0.2) is 0 Å². The van der Waals surface area contributed by atoms with Crippen molar-refractivity contribution in [2.75, 3.05) is 24.9 Å². The van der Waals surface area contributed by atoms with Crippen molar-refractivity contribution in [2.45, 2.75) is 19.6 Å². The van der Waals surface area contributed by atoms with E-state index in [1.54, 1.807) is 18.2 Å². The number of rotatable bonds is 7. The molecule has 0 aliphatic rings. The minimum atomic E-state index is -4.68. The van der Waals surface area contributed by atoms with Crippen LogP contribution in [-0.4, -0.2) is 24.8 Å². The van der Waals surface area contributed by atoms with E-state index in [1.807, 2.05) is 35.9 Å². The van der Waals surface area contributed by atoms with Crippen molar-refractivity contribution in [3.05, 3.63) is 72.1 Å². The van der Waals surface area contributed by atoms with Crippen LogP contribution in [-0.2, 0) is 12.7 Å². The highest BCUT2D eigenvalue weighted by Gasteiger charge is 2.35. The van der Waals surface area contributed by atoms with Gasteiger partial charge < -0.3 is 30.4 Å². The number of hydrogen-bond acceptors (Lipinski definition) is 4. The number of nitrogens with two attached hydrogens (primary N) is 1. The Bertz CT molecular complexity index is 1250. The number of carbonyl (C=O) groups excluding carboxylic acids is 1. The Morgan fingerprint density at radius 1 is 1.09 bits per heavy atom. The third-order valence-electron chi connectivity index (χ3n) is 5.17. The predicted octanol–water partition coefficient (Wildman–Crippen LogP) is 5.74. The second-order valence-electron chi connectivity index (χ2n) is 7.23. The van der Waals surface area contributed by atoms with Crippen molar-refractivity contribution >= 4 is 28.3 Å². The molecule has 180 valence electrons. The molecule has 0 spiro atoms. The molecule has 1 aromatic heterocycles. The zero-order chi connectivity index (χ0) is 24.9. The molecule has 10 heteroatoms. The van der Waals surface area contributed by atoms with E-state index in [9.17, 15) is 18.0 Å². The maximum Gasteiger partial charge on any atom is 0.420 e. The van der Waals surface area contributed by atoms with Crippen LogP contribution in [0.15, 0.2) is 66.5 Å². The van der Waals surface area contributed by atoms with E-state index in [0.717, 1.165) is 35.7 Å². The number of benzene rings is 2. The molecular weight excluding hydrogens is 449 g/mol. The van der Waals surface area contributed by atoms with Crippen molar-refractivity contribution in [3.63, 3.8) is 0 Å². The maximum atomic E-state index is 13.4. The van der Waals surface area contributed by atoms with E-state index in [2.05, 4.69) is 10.6 Å². The average molecular weight is 474 g/mol. The molecule has 4 N–H and O–H groups in total. The van der Waals surface area contributed by atoms with Gasteiger partial charge in [-0.3, -0.25) is 0 Å². The molecule has 0 radical (unpaired) electrons. The number of aromatic nitrogens is 1. The summed E-state index contributed by atoms with van der Waals surface area (Å²) in [6, 6.07) is 8.36. The topological polar surface area (TPSA) is 90.5 Å². The average Bonchev–Trinajstić information content (AvgIpc) is 3.21. The molecule has 3 rings (SSSR count). The summed E-state index contributed by atoms with van der Waals surface area (Å²) in [5, 5.41) is 5.90. The molecule has 0 atom stereocenters. The number of carbonyl (C=O) groups is 1. The van der Waals surface area contributed by atoms with Crippen molar-refractivity contribution in [3.8, 4) is 11.5 Å². The van der Waals surface area contributed by atoms with Crippen LogP contribution in [0.4, 0.5) is 29.3 Å². The smallest absolute Gasteiger partial charge is 0.420 e. The van der Waals surface area contributed by atoms with Gasteiger partial charge in [-0.05, 0) is 49.0 Å². The van der Waals surface area contributed by atoms with E-state index in [4.69, 9.17) is 15.2 Å². The summed E-state index contributed by atoms with van der Waals surface area (Å²) in [5.74, 6) is -0.386. The molecule has 2 amide bonds. The van der Waals surface area contributed by atoms with Gasteiger partial charge in [0.2, 0.25) is 0 Å². The number of fused-ring (bicyclic) bond motifs is 1. The van der Waals surface area contributed by atoms with E-state index in [0.29, 0.717) is 12.2 Å². The van der Waals surface area contributed by atoms with Crippen LogP contribution in [0.1, 0.15) is 12.5 Å². The standard InChI is InChI=1S/C24H25F3N4O3/c1-4-15(8-10-28)14-31-11-9-16-18(6-5-7-20(16)31)29-23(32)30-19-12-17(24(25,26)27)21(33-2)13-22(19)34-3/h4-13H,14,28H2,1-3H3,(H2,29,30,32)/b10-8-,15-4+. The van der Waals surface area contributed by atoms with Gasteiger partial charge in [0, 0.05) is 24.2 Å². The number of halogens is 3. The van der Waals surface area contributed by atoms with E-state index in [-0.39, 0.29) is 11.4 Å². The minimum absolute atomic E-state index is 0.0243. The molecule has 0 bridgehead atoms. The number of nitrogens with one attached hydrogen (secondary N) is 2. The number of alkyl halides is 3. The zero-order valence-corrected chi connectivity index (χ0v) is 18.9. The van der Waals surface area contributed by atoms with Crippen molar-refractivity contribution < 1.29 is 27.4 Å². The number of amides is 2. The minimum Gasteiger partial charge on any atom is -0.496 e. The number of urea groups is 1. The summed E-state index contributed by atoms with van der Waals surface area (Å²) >= 11 is 0. The summed E-state index contributed by atoms with van der Waals surface area (Å²) in [5.41, 5.74) is 6.68. The first kappa shape index (κ1) is 24.6. The molecule has 7 nitrogen and oxygen atoms in total. The Hall–Kier alpha value is -4.08. The third kappa shape index (κ3) is 5.28. The van der Waals surface area contributed by atoms with Crippen LogP contribution in [0.25, 0.3) is 10.9 Å². The molecule has 0 unspecified atom stereocenters. The van der Waals surface area contributed by atoms with E-state index < -0.39 is 23.5 Å².